The van der Waals surface area contributed by atoms with E-state index in [1.165, 1.54) is 6.92 Å². The number of ketones is 1. The van der Waals surface area contributed by atoms with Crippen molar-refractivity contribution in [2.24, 2.45) is 0 Å². The topological polar surface area (TPSA) is 55.8 Å². The second-order valence-corrected chi connectivity index (χ2v) is 7.81. The lowest BCUT2D eigenvalue weighted by Crippen LogP contribution is -2.43. The molecule has 0 aliphatic carbocycles. The number of nitrogens with zero attached hydrogens (tertiary/aromatic N) is 1. The molecule has 2 aromatic rings. The molecule has 27 heavy (non-hydrogen) atoms. The lowest BCUT2D eigenvalue weighted by molar-refractivity contribution is -0.140. The number of thiophene rings is 1. The molecule has 0 bridgehead atoms. The van der Waals surface area contributed by atoms with Gasteiger partial charge in [-0.05, 0) is 50.3 Å². The predicted molar refractivity (Wildman–Crippen MR) is 105 cm³/mol. The molecule has 2 heterocycles. The molecule has 6 heteroatoms. The molecule has 0 radical (unpaired) electrons. The molecule has 1 aromatic carbocycles. The highest BCUT2D eigenvalue weighted by Gasteiger charge is 2.27. The van der Waals surface area contributed by atoms with Gasteiger partial charge in [-0.2, -0.15) is 0 Å². The molecule has 0 saturated carbocycles. The first kappa shape index (κ1) is 19.6. The van der Waals surface area contributed by atoms with Gasteiger partial charge in [0.2, 0.25) is 0 Å². The summed E-state index contributed by atoms with van der Waals surface area (Å²) in [4.78, 5) is 27.6. The molecule has 0 N–H and O–H groups in total. The zero-order valence-electron chi connectivity index (χ0n) is 15.7. The maximum Gasteiger partial charge on any atom is 0.263 e. The monoisotopic (exact) mass is 387 g/mol. The quantitative estimate of drug-likeness (QED) is 0.644. The van der Waals surface area contributed by atoms with Crippen molar-refractivity contribution in [3.63, 3.8) is 0 Å². The summed E-state index contributed by atoms with van der Waals surface area (Å²) in [6.45, 7) is 5.14. The zero-order valence-corrected chi connectivity index (χ0v) is 16.5. The maximum atomic E-state index is 13.1. The number of carbonyl (C=O) groups is 2. The molecule has 1 saturated heterocycles. The summed E-state index contributed by atoms with van der Waals surface area (Å²) in [5, 5.41) is 2.01. The fourth-order valence-corrected chi connectivity index (χ4v) is 3.88. The van der Waals surface area contributed by atoms with Crippen LogP contribution in [0.5, 0.6) is 5.75 Å². The van der Waals surface area contributed by atoms with Crippen molar-refractivity contribution in [2.75, 3.05) is 13.2 Å². The Labute approximate surface area is 163 Å². The SMILES string of the molecule is CC(=O)c1cccc(O[C@H](C)C(=O)N(Cc2cccs2)C[C@H]2CCCO2)c1. The van der Waals surface area contributed by atoms with Gasteiger partial charge in [-0.25, -0.2) is 0 Å². The second-order valence-electron chi connectivity index (χ2n) is 6.78. The molecule has 3 rings (SSSR count). The number of hydrogen-bond acceptors (Lipinski definition) is 5. The number of benzene rings is 1. The van der Waals surface area contributed by atoms with Crippen molar-refractivity contribution >= 4 is 23.0 Å². The van der Waals surface area contributed by atoms with Crippen LogP contribution >= 0.6 is 11.3 Å². The van der Waals surface area contributed by atoms with E-state index in [4.69, 9.17) is 9.47 Å². The fourth-order valence-electron chi connectivity index (χ4n) is 3.16. The first-order chi connectivity index (χ1) is 13.0. The number of amides is 1. The number of Topliss-reactive ketones (excluding diaryl/α,β-unsaturated/α-hetero) is 1. The van der Waals surface area contributed by atoms with Crippen molar-refractivity contribution in [3.8, 4) is 5.75 Å². The van der Waals surface area contributed by atoms with E-state index in [1.807, 2.05) is 22.4 Å². The molecule has 1 fully saturated rings. The summed E-state index contributed by atoms with van der Waals surface area (Å²) < 4.78 is 11.6. The van der Waals surface area contributed by atoms with Gasteiger partial charge < -0.3 is 14.4 Å². The van der Waals surface area contributed by atoms with Crippen molar-refractivity contribution < 1.29 is 19.1 Å². The van der Waals surface area contributed by atoms with E-state index < -0.39 is 6.10 Å². The minimum Gasteiger partial charge on any atom is -0.481 e. The average molecular weight is 388 g/mol. The maximum absolute atomic E-state index is 13.1. The molecule has 1 amide bonds. The van der Waals surface area contributed by atoms with Crippen LogP contribution < -0.4 is 4.74 Å². The third-order valence-electron chi connectivity index (χ3n) is 4.59. The molecule has 1 aliphatic rings. The summed E-state index contributed by atoms with van der Waals surface area (Å²) in [5.41, 5.74) is 0.571. The molecule has 5 nitrogen and oxygen atoms in total. The van der Waals surface area contributed by atoms with Crippen LogP contribution in [0, 0.1) is 0 Å². The van der Waals surface area contributed by atoms with Crippen LogP contribution in [0.15, 0.2) is 41.8 Å². The normalized spacial score (nSPS) is 17.5. The molecule has 0 unspecified atom stereocenters. The summed E-state index contributed by atoms with van der Waals surface area (Å²) in [6.07, 6.45) is 1.45. The van der Waals surface area contributed by atoms with Crippen LogP contribution in [0.25, 0.3) is 0 Å². The molecular formula is C21H25NO4S. The highest BCUT2D eigenvalue weighted by atomic mass is 32.1. The summed E-state index contributed by atoms with van der Waals surface area (Å²) in [7, 11) is 0. The average Bonchev–Trinajstić information content (AvgIpc) is 3.35. The van der Waals surface area contributed by atoms with Crippen molar-refractivity contribution in [3.05, 3.63) is 52.2 Å². The van der Waals surface area contributed by atoms with E-state index in [1.54, 1.807) is 42.5 Å². The van der Waals surface area contributed by atoms with Crippen molar-refractivity contribution in [2.45, 2.75) is 45.4 Å². The third-order valence-corrected chi connectivity index (χ3v) is 5.45. The third kappa shape index (κ3) is 5.40. The first-order valence-electron chi connectivity index (χ1n) is 9.23. The molecular weight excluding hydrogens is 362 g/mol. The summed E-state index contributed by atoms with van der Waals surface area (Å²) >= 11 is 1.63. The minimum atomic E-state index is -0.645. The Morgan fingerprint density at radius 3 is 2.85 bits per heavy atom. The van der Waals surface area contributed by atoms with E-state index in [-0.39, 0.29) is 17.8 Å². The minimum absolute atomic E-state index is 0.0304. The molecule has 1 aliphatic heterocycles. The van der Waals surface area contributed by atoms with Crippen LogP contribution in [0.3, 0.4) is 0 Å². The lowest BCUT2D eigenvalue weighted by atomic mass is 10.1. The number of rotatable bonds is 8. The Hall–Kier alpha value is -2.18. The van der Waals surface area contributed by atoms with Crippen molar-refractivity contribution in [1.82, 2.24) is 4.90 Å². The largest absolute Gasteiger partial charge is 0.481 e. The predicted octanol–water partition coefficient (Wildman–Crippen LogP) is 3.93. The van der Waals surface area contributed by atoms with Crippen LogP contribution in [0.2, 0.25) is 0 Å². The summed E-state index contributed by atoms with van der Waals surface area (Å²) in [5.74, 6) is 0.418. The van der Waals surface area contributed by atoms with Gasteiger partial charge in [0.1, 0.15) is 5.75 Å². The Balaban J connectivity index is 1.69. The van der Waals surface area contributed by atoms with E-state index in [9.17, 15) is 9.59 Å². The molecule has 0 spiro atoms. The van der Waals surface area contributed by atoms with E-state index in [2.05, 4.69) is 0 Å². The van der Waals surface area contributed by atoms with E-state index in [0.29, 0.717) is 24.4 Å². The van der Waals surface area contributed by atoms with Crippen molar-refractivity contribution in [1.29, 1.82) is 0 Å². The van der Waals surface area contributed by atoms with Gasteiger partial charge in [-0.1, -0.05) is 18.2 Å². The Kier molecular flexibility index (Phi) is 6.63. The second kappa shape index (κ2) is 9.15. The van der Waals surface area contributed by atoms with Gasteiger partial charge in [-0.15, -0.1) is 11.3 Å². The highest BCUT2D eigenvalue weighted by Crippen LogP contribution is 2.20. The van der Waals surface area contributed by atoms with Gasteiger partial charge >= 0.3 is 0 Å². The lowest BCUT2D eigenvalue weighted by Gasteiger charge is -2.28. The van der Waals surface area contributed by atoms with Gasteiger partial charge in [0.25, 0.3) is 5.91 Å². The zero-order chi connectivity index (χ0) is 19.2. The van der Waals surface area contributed by atoms with Crippen LogP contribution in [0.4, 0.5) is 0 Å². The van der Waals surface area contributed by atoms with E-state index >= 15 is 0 Å². The number of carbonyl (C=O) groups excluding carboxylic acids is 2. The number of ether oxygens (including phenoxy) is 2. The van der Waals surface area contributed by atoms with E-state index in [0.717, 1.165) is 24.3 Å². The Morgan fingerprint density at radius 2 is 2.19 bits per heavy atom. The Bertz CT molecular complexity index is 768. The molecule has 2 atom stereocenters. The van der Waals surface area contributed by atoms with Crippen LogP contribution in [0.1, 0.15) is 41.9 Å². The standard InChI is InChI=1S/C21H25NO4S/c1-15(23)17-6-3-7-18(12-17)26-16(2)21(24)22(13-19-8-4-10-25-19)14-20-9-5-11-27-20/h3,5-7,9,11-12,16,19H,4,8,10,13-14H2,1-2H3/t16-,19-/m1/s1. The number of hydrogen-bond donors (Lipinski definition) is 0. The summed E-state index contributed by atoms with van der Waals surface area (Å²) in [6, 6.07) is 11.0. The highest BCUT2D eigenvalue weighted by molar-refractivity contribution is 7.09. The van der Waals surface area contributed by atoms with Gasteiger partial charge in [0.05, 0.1) is 12.6 Å². The fraction of sp³-hybridized carbons (Fsp3) is 0.429. The van der Waals surface area contributed by atoms with Gasteiger partial charge in [0.15, 0.2) is 11.9 Å². The van der Waals surface area contributed by atoms with Crippen LogP contribution in [-0.4, -0.2) is 41.9 Å². The smallest absolute Gasteiger partial charge is 0.263 e. The van der Waals surface area contributed by atoms with Crippen LogP contribution in [-0.2, 0) is 16.1 Å². The van der Waals surface area contributed by atoms with Gasteiger partial charge in [-0.3, -0.25) is 9.59 Å². The Morgan fingerprint density at radius 1 is 1.33 bits per heavy atom. The molecule has 1 aromatic heterocycles. The first-order valence-corrected chi connectivity index (χ1v) is 10.1. The van der Waals surface area contributed by atoms with Gasteiger partial charge in [0, 0.05) is 23.6 Å². The molecule has 144 valence electrons.